The Labute approximate surface area is 277 Å². The number of fused-ring (bicyclic) bond motifs is 1. The number of nitrogens with zero attached hydrogens (tertiary/aromatic N) is 3. The number of rotatable bonds is 12. The summed E-state index contributed by atoms with van der Waals surface area (Å²) >= 11 is 1.63. The van der Waals surface area contributed by atoms with E-state index in [1.165, 1.54) is 7.11 Å². The summed E-state index contributed by atoms with van der Waals surface area (Å²) in [5.41, 5.74) is 4.19. The molecule has 1 aliphatic rings. The van der Waals surface area contributed by atoms with Crippen LogP contribution in [0.1, 0.15) is 29.0 Å². The van der Waals surface area contributed by atoms with Crippen LogP contribution in [0, 0.1) is 0 Å². The number of nitrogens with one attached hydrogen (secondary N) is 4. The predicted molar refractivity (Wildman–Crippen MR) is 181 cm³/mol. The number of aromatic nitrogens is 4. The molecular weight excluding hydrogens is 614 g/mol. The Morgan fingerprint density at radius 1 is 0.957 bits per heavy atom. The number of aryl methyl sites for hydroxylation is 1. The molecule has 6 rings (SSSR count). The first kappa shape index (κ1) is 32.2. The van der Waals surface area contributed by atoms with Crippen LogP contribution < -0.4 is 16.0 Å². The van der Waals surface area contributed by atoms with Crippen LogP contribution in [-0.4, -0.2) is 76.4 Å². The highest BCUT2D eigenvalue weighted by molar-refractivity contribution is 7.99. The van der Waals surface area contributed by atoms with E-state index in [1.807, 2.05) is 84.9 Å². The van der Waals surface area contributed by atoms with E-state index in [9.17, 15) is 9.59 Å². The van der Waals surface area contributed by atoms with Crippen LogP contribution >= 0.6 is 11.8 Å². The van der Waals surface area contributed by atoms with Crippen molar-refractivity contribution >= 4 is 40.5 Å². The van der Waals surface area contributed by atoms with E-state index in [4.69, 9.17) is 9.47 Å². The molecule has 0 radical (unpaired) electrons. The van der Waals surface area contributed by atoms with Gasteiger partial charge in [-0.3, -0.25) is 9.89 Å². The summed E-state index contributed by atoms with van der Waals surface area (Å²) in [4.78, 5) is 35.3. The third-order valence-electron chi connectivity index (χ3n) is 8.15. The van der Waals surface area contributed by atoms with Crippen molar-refractivity contribution in [1.82, 2.24) is 30.8 Å². The van der Waals surface area contributed by atoms with E-state index in [0.29, 0.717) is 12.1 Å². The van der Waals surface area contributed by atoms with Crippen molar-refractivity contribution < 1.29 is 19.1 Å². The van der Waals surface area contributed by atoms with Gasteiger partial charge in [-0.2, -0.15) is 5.10 Å². The van der Waals surface area contributed by atoms with E-state index in [2.05, 4.69) is 36.1 Å². The highest BCUT2D eigenvalue weighted by Gasteiger charge is 2.33. The highest BCUT2D eigenvalue weighted by Crippen LogP contribution is 2.30. The summed E-state index contributed by atoms with van der Waals surface area (Å²) in [5, 5.41) is 18.2. The second kappa shape index (κ2) is 15.7. The number of thioether (sulfide) groups is 1. The molecule has 1 aliphatic heterocycles. The van der Waals surface area contributed by atoms with E-state index < -0.39 is 18.1 Å². The van der Waals surface area contributed by atoms with Crippen LogP contribution in [-0.2, 0) is 20.7 Å². The zero-order valence-corrected chi connectivity index (χ0v) is 26.8. The molecule has 0 saturated carbocycles. The third-order valence-corrected chi connectivity index (χ3v) is 9.29. The van der Waals surface area contributed by atoms with Gasteiger partial charge in [-0.25, -0.2) is 14.8 Å². The molecule has 3 aromatic carbocycles. The quantitative estimate of drug-likeness (QED) is 0.109. The molecule has 12 heteroatoms. The highest BCUT2D eigenvalue weighted by atomic mass is 32.2. The van der Waals surface area contributed by atoms with Gasteiger partial charge in [-0.15, -0.1) is 11.8 Å². The predicted octanol–water partition coefficient (Wildman–Crippen LogP) is 4.93. The van der Waals surface area contributed by atoms with Crippen LogP contribution in [0.2, 0.25) is 0 Å². The topological polar surface area (TPSA) is 143 Å². The van der Waals surface area contributed by atoms with Gasteiger partial charge in [-0.1, -0.05) is 78.9 Å². The lowest BCUT2D eigenvalue weighted by Crippen LogP contribution is -2.48. The monoisotopic (exact) mass is 651 g/mol. The standard InChI is InChI=1S/C35H37N7O4S/c1-45-35(44)41-31(30(24-11-4-2-5-12-24)25-13-6-3-7-14-25)33(43)40-29-15-9-8-10-23(29)16-17-26-18-36-19-27(46-26)21-47-34-28-20-39-42-32(28)37-22-38-34/h2-15,20,22,26-27,30-31,36H,16-19,21H2,1H3,(H,40,43)(H,41,44)(H,37,38,39,42)/t26-,27+,31+/m1/s1. The number of anilines is 1. The molecule has 2 amide bonds. The lowest BCUT2D eigenvalue weighted by molar-refractivity contribution is -0.118. The normalized spacial score (nSPS) is 16.9. The summed E-state index contributed by atoms with van der Waals surface area (Å²) in [5.74, 6) is -0.0525. The number of benzene rings is 3. The molecule has 0 spiro atoms. The van der Waals surface area contributed by atoms with Gasteiger partial charge in [0, 0.05) is 30.4 Å². The number of H-pyrrole nitrogens is 1. The van der Waals surface area contributed by atoms with Crippen molar-refractivity contribution in [3.63, 3.8) is 0 Å². The number of ether oxygens (including phenoxy) is 2. The minimum Gasteiger partial charge on any atom is -0.453 e. The summed E-state index contributed by atoms with van der Waals surface area (Å²) in [6.07, 6.45) is 4.09. The minimum absolute atomic E-state index is 0.00623. The summed E-state index contributed by atoms with van der Waals surface area (Å²) in [6, 6.07) is 26.2. The van der Waals surface area contributed by atoms with Gasteiger partial charge in [0.1, 0.15) is 17.4 Å². The molecule has 4 N–H and O–H groups in total. The fourth-order valence-electron chi connectivity index (χ4n) is 5.84. The molecule has 0 unspecified atom stereocenters. The Hall–Kier alpha value is -4.78. The van der Waals surface area contributed by atoms with Gasteiger partial charge < -0.3 is 25.4 Å². The van der Waals surface area contributed by atoms with Crippen LogP contribution in [0.25, 0.3) is 11.0 Å². The molecule has 0 bridgehead atoms. The maximum atomic E-state index is 14.1. The van der Waals surface area contributed by atoms with E-state index in [0.717, 1.165) is 58.0 Å². The lowest BCUT2D eigenvalue weighted by atomic mass is 9.84. The minimum atomic E-state index is -0.942. The van der Waals surface area contributed by atoms with Crippen molar-refractivity contribution in [3.05, 3.63) is 114 Å². The number of aromatic amines is 1. The van der Waals surface area contributed by atoms with Gasteiger partial charge in [0.2, 0.25) is 5.91 Å². The summed E-state index contributed by atoms with van der Waals surface area (Å²) in [7, 11) is 1.29. The number of carbonyl (C=O) groups excluding carboxylic acids is 2. The molecular formula is C35H37N7O4S. The van der Waals surface area contributed by atoms with E-state index >= 15 is 0 Å². The van der Waals surface area contributed by atoms with Crippen LogP contribution in [0.15, 0.2) is 102 Å². The molecule has 47 heavy (non-hydrogen) atoms. The molecule has 1 fully saturated rings. The average molecular weight is 652 g/mol. The fraction of sp³-hybridized carbons (Fsp3) is 0.286. The molecule has 2 aromatic heterocycles. The number of amides is 2. The van der Waals surface area contributed by atoms with Gasteiger partial charge in [0.15, 0.2) is 5.65 Å². The summed E-state index contributed by atoms with van der Waals surface area (Å²) < 4.78 is 11.4. The van der Waals surface area contributed by atoms with Gasteiger partial charge in [-0.05, 0) is 35.6 Å². The molecule has 11 nitrogen and oxygen atoms in total. The lowest BCUT2D eigenvalue weighted by Gasteiger charge is -2.31. The van der Waals surface area contributed by atoms with Gasteiger partial charge >= 0.3 is 6.09 Å². The molecule has 3 heterocycles. The Kier molecular flexibility index (Phi) is 10.7. The van der Waals surface area contributed by atoms with Gasteiger partial charge in [0.25, 0.3) is 0 Å². The third kappa shape index (κ3) is 8.15. The maximum Gasteiger partial charge on any atom is 0.407 e. The molecule has 1 saturated heterocycles. The number of hydrogen-bond donors (Lipinski definition) is 4. The summed E-state index contributed by atoms with van der Waals surface area (Å²) in [6.45, 7) is 1.50. The molecule has 5 aromatic rings. The van der Waals surface area contributed by atoms with E-state index in [1.54, 1.807) is 24.3 Å². The van der Waals surface area contributed by atoms with Crippen molar-refractivity contribution in [1.29, 1.82) is 0 Å². The van der Waals surface area contributed by atoms with Crippen molar-refractivity contribution in [3.8, 4) is 0 Å². The van der Waals surface area contributed by atoms with Crippen LogP contribution in [0.3, 0.4) is 0 Å². The second-order valence-electron chi connectivity index (χ2n) is 11.3. The number of carbonyl (C=O) groups is 2. The zero-order valence-electron chi connectivity index (χ0n) is 26.0. The first-order chi connectivity index (χ1) is 23.1. The van der Waals surface area contributed by atoms with Crippen molar-refractivity contribution in [2.45, 2.75) is 42.0 Å². The first-order valence-corrected chi connectivity index (χ1v) is 16.5. The Morgan fingerprint density at radius 2 is 1.66 bits per heavy atom. The number of methoxy groups -OCH3 is 1. The SMILES string of the molecule is COC(=O)N[C@H](C(=O)Nc1ccccc1CC[C@@H]1CNC[C@@H](CSc2ncnc3[nH]ncc23)O1)C(c1ccccc1)c1ccccc1. The maximum absolute atomic E-state index is 14.1. The van der Waals surface area contributed by atoms with E-state index in [-0.39, 0.29) is 18.1 Å². The van der Waals surface area contributed by atoms with Crippen molar-refractivity contribution in [2.75, 3.05) is 31.3 Å². The molecule has 242 valence electrons. The number of alkyl carbamates (subject to hydrolysis) is 1. The van der Waals surface area contributed by atoms with Crippen molar-refractivity contribution in [2.24, 2.45) is 0 Å². The Morgan fingerprint density at radius 3 is 2.40 bits per heavy atom. The first-order valence-electron chi connectivity index (χ1n) is 15.5. The largest absolute Gasteiger partial charge is 0.453 e. The number of hydrogen-bond acceptors (Lipinski definition) is 9. The number of morpholine rings is 1. The fourth-order valence-corrected chi connectivity index (χ4v) is 6.81. The second-order valence-corrected chi connectivity index (χ2v) is 12.3. The van der Waals surface area contributed by atoms with Crippen LogP contribution in [0.4, 0.5) is 10.5 Å². The number of para-hydroxylation sites is 1. The van der Waals surface area contributed by atoms with Crippen LogP contribution in [0.5, 0.6) is 0 Å². The zero-order chi connectivity index (χ0) is 32.4. The average Bonchev–Trinajstić information content (AvgIpc) is 3.61. The Balaban J connectivity index is 1.13. The van der Waals surface area contributed by atoms with Gasteiger partial charge in [0.05, 0.1) is 30.9 Å². The smallest absolute Gasteiger partial charge is 0.407 e. The Bertz CT molecular complexity index is 1730. The molecule has 3 atom stereocenters. The molecule has 0 aliphatic carbocycles.